The molecule has 17 heteroatoms. The number of imidazole rings is 1. The van der Waals surface area contributed by atoms with E-state index in [-0.39, 0.29) is 67.3 Å². The first kappa shape index (κ1) is 51.0. The Kier molecular flexibility index (Phi) is 14.6. The van der Waals surface area contributed by atoms with Crippen LogP contribution < -0.4 is 19.1 Å². The first-order chi connectivity index (χ1) is 33.1. The molecule has 0 N–H and O–H groups in total. The number of methoxy groups -OCH3 is 1. The highest BCUT2D eigenvalue weighted by Gasteiger charge is 2.46. The minimum absolute atomic E-state index is 0.000281. The summed E-state index contributed by atoms with van der Waals surface area (Å²) in [7, 11) is -0.730. The number of likely N-dealkylation sites (tertiary alicyclic amines) is 1. The Morgan fingerprint density at radius 1 is 0.814 bits per heavy atom. The molecule has 1 saturated carbocycles. The minimum atomic E-state index is -2.29. The summed E-state index contributed by atoms with van der Waals surface area (Å²) < 4.78 is 55.1. The molecule has 0 radical (unpaired) electrons. The Hall–Kier alpha value is -5.34. The van der Waals surface area contributed by atoms with Gasteiger partial charge in [-0.25, -0.2) is 14.0 Å². The molecule has 1 aliphatic carbocycles. The highest BCUT2D eigenvalue weighted by atomic mass is 28.3. The maximum Gasteiger partial charge on any atom is 0.410 e. The fourth-order valence-electron chi connectivity index (χ4n) is 11.2. The van der Waals surface area contributed by atoms with Crippen LogP contribution in [0.2, 0.25) is 16.6 Å². The van der Waals surface area contributed by atoms with Crippen LogP contribution in [0.1, 0.15) is 140 Å². The third-order valence-electron chi connectivity index (χ3n) is 14.5. The number of nitrogens with zero attached hydrogens (tertiary/aromatic N) is 7. The van der Waals surface area contributed by atoms with Crippen molar-refractivity contribution >= 4 is 48.0 Å². The van der Waals surface area contributed by atoms with Crippen molar-refractivity contribution in [2.24, 2.45) is 0 Å². The minimum Gasteiger partial charge on any atom is -0.467 e. The van der Waals surface area contributed by atoms with Crippen LogP contribution in [0, 0.1) is 17.3 Å². The molecule has 3 atom stereocenters. The van der Waals surface area contributed by atoms with Crippen molar-refractivity contribution in [1.82, 2.24) is 29.3 Å². The van der Waals surface area contributed by atoms with Crippen molar-refractivity contribution in [1.29, 1.82) is 0 Å². The Morgan fingerprint density at radius 2 is 1.47 bits per heavy atom. The average molecular weight is 984 g/mol. The molecule has 2 aromatic carbocycles. The van der Waals surface area contributed by atoms with Crippen LogP contribution in [0.15, 0.2) is 24.3 Å². The van der Waals surface area contributed by atoms with Crippen molar-refractivity contribution in [3.8, 4) is 35.0 Å². The van der Waals surface area contributed by atoms with E-state index in [1.807, 2.05) is 52.5 Å². The number of benzene rings is 2. The van der Waals surface area contributed by atoms with Gasteiger partial charge < -0.3 is 38.2 Å². The van der Waals surface area contributed by atoms with Crippen LogP contribution in [0.25, 0.3) is 21.9 Å². The lowest BCUT2D eigenvalue weighted by Crippen LogP contribution is -2.57. The lowest BCUT2D eigenvalue weighted by Gasteiger charge is -2.42. The van der Waals surface area contributed by atoms with Crippen molar-refractivity contribution in [2.75, 3.05) is 45.0 Å². The second-order valence-electron chi connectivity index (χ2n) is 22.6. The Labute approximate surface area is 414 Å². The Balaban J connectivity index is 1.26. The van der Waals surface area contributed by atoms with E-state index in [1.54, 1.807) is 24.1 Å². The highest BCUT2D eigenvalue weighted by Crippen LogP contribution is 2.46. The highest BCUT2D eigenvalue weighted by molar-refractivity contribution is 6.90. The molecule has 4 aliphatic rings. The van der Waals surface area contributed by atoms with Gasteiger partial charge in [0.2, 0.25) is 0 Å². The number of rotatable bonds is 13. The van der Waals surface area contributed by atoms with Crippen molar-refractivity contribution in [2.45, 2.75) is 180 Å². The first-order valence-corrected chi connectivity index (χ1v) is 27.6. The van der Waals surface area contributed by atoms with Crippen LogP contribution in [0.4, 0.5) is 19.8 Å². The van der Waals surface area contributed by atoms with Gasteiger partial charge in [0.25, 0.3) is 0 Å². The predicted molar refractivity (Wildman–Crippen MR) is 271 cm³/mol. The fourth-order valence-corrected chi connectivity index (χ4v) is 16.4. The monoisotopic (exact) mass is 984 g/mol. The van der Waals surface area contributed by atoms with Crippen molar-refractivity contribution in [3.63, 3.8) is 0 Å². The second kappa shape index (κ2) is 20.0. The number of amides is 2. The SMILES string of the molecule is COCOc1cc(Oc2nc3nc(OC[C@@H]4CCCN4C(=O)OC(C)(C)C)nc(N4CC5CCC(C4)N5C(=O)OC(C)(C)C)c3n2C2CCC2)c2c(C#C[Si](C(C)C)(C(C)C)C(C)C)c(F)ccc2c1. The number of aromatic nitrogens is 4. The number of hydrogen-bond acceptors (Lipinski definition) is 12. The average Bonchev–Trinajstić information content (AvgIpc) is 3.94. The van der Waals surface area contributed by atoms with Gasteiger partial charge in [-0.3, -0.25) is 9.47 Å². The van der Waals surface area contributed by atoms with E-state index in [4.69, 9.17) is 43.4 Å². The molecule has 0 spiro atoms. The van der Waals surface area contributed by atoms with E-state index >= 15 is 4.39 Å². The van der Waals surface area contributed by atoms with Gasteiger partial charge in [-0.2, -0.15) is 15.0 Å². The second-order valence-corrected chi connectivity index (χ2v) is 28.1. The number of halogens is 1. The number of piperazine rings is 1. The van der Waals surface area contributed by atoms with Gasteiger partial charge in [-0.15, -0.1) is 5.54 Å². The summed E-state index contributed by atoms with van der Waals surface area (Å²) in [5.74, 6) is 4.39. The van der Waals surface area contributed by atoms with E-state index in [0.29, 0.717) is 75.5 Å². The third kappa shape index (κ3) is 10.4. The zero-order chi connectivity index (χ0) is 50.4. The maximum atomic E-state index is 16.5. The van der Waals surface area contributed by atoms with E-state index in [0.717, 1.165) is 44.9 Å². The summed E-state index contributed by atoms with van der Waals surface area (Å²) in [6.45, 7) is 26.4. The normalized spacial score (nSPS) is 19.8. The number of fused-ring (bicyclic) bond motifs is 4. The molecule has 5 heterocycles. The molecule has 380 valence electrons. The van der Waals surface area contributed by atoms with Crippen molar-refractivity contribution in [3.05, 3.63) is 35.6 Å². The molecule has 2 amide bonds. The molecule has 2 bridgehead atoms. The van der Waals surface area contributed by atoms with Gasteiger partial charge in [0.15, 0.2) is 18.3 Å². The first-order valence-electron chi connectivity index (χ1n) is 25.4. The van der Waals surface area contributed by atoms with Crippen LogP contribution in [-0.4, -0.2) is 119 Å². The summed E-state index contributed by atoms with van der Waals surface area (Å²) >= 11 is 0. The summed E-state index contributed by atoms with van der Waals surface area (Å²) in [4.78, 5) is 48.1. The lowest BCUT2D eigenvalue weighted by atomic mass is 9.93. The topological polar surface area (TPSA) is 143 Å². The third-order valence-corrected chi connectivity index (χ3v) is 20.8. The van der Waals surface area contributed by atoms with Gasteiger partial charge in [-0.05, 0) is 121 Å². The van der Waals surface area contributed by atoms with Crippen molar-refractivity contribution < 1.29 is 42.4 Å². The van der Waals surface area contributed by atoms with Gasteiger partial charge in [0.1, 0.15) is 48.7 Å². The van der Waals surface area contributed by atoms with E-state index in [9.17, 15) is 9.59 Å². The van der Waals surface area contributed by atoms with Gasteiger partial charge in [0, 0.05) is 44.2 Å². The number of anilines is 1. The van der Waals surface area contributed by atoms with Gasteiger partial charge >= 0.3 is 24.2 Å². The number of ether oxygens (including phenoxy) is 6. The molecule has 4 aromatic rings. The van der Waals surface area contributed by atoms with Gasteiger partial charge in [-0.1, -0.05) is 53.5 Å². The van der Waals surface area contributed by atoms with Crippen LogP contribution in [0.3, 0.4) is 0 Å². The molecule has 4 fully saturated rings. The molecule has 70 heavy (non-hydrogen) atoms. The standard InChI is InChI=1S/C53H74FN7O8Si/c1-32(2)70(33(3)4,34(5)6)25-23-41-42(54)22-19-35-26-40(66-31-64-13)27-43(44(35)41)67-49-56-46-45(61(49)36-16-14-17-36)47(58-28-37-20-21-38(29-58)60(37)51(63)69-53(10,11)12)57-48(55-46)65-30-39-18-15-24-59(39)50(62)68-52(7,8)9/h19,22,26-27,32-34,36-39H,14-18,20-21,24,28-31H2,1-13H3/t37?,38?,39-/m0/s1. The molecule has 2 unspecified atom stereocenters. The zero-order valence-electron chi connectivity index (χ0n) is 43.6. The van der Waals surface area contributed by atoms with E-state index < -0.39 is 25.1 Å². The largest absolute Gasteiger partial charge is 0.467 e. The summed E-state index contributed by atoms with van der Waals surface area (Å²) in [5.41, 5.74) is 4.79. The Bertz CT molecular complexity index is 2610. The molecular formula is C53H74FN7O8Si. The summed E-state index contributed by atoms with van der Waals surface area (Å²) in [5, 5.41) is 1.20. The van der Waals surface area contributed by atoms with Crippen LogP contribution >= 0.6 is 0 Å². The van der Waals surface area contributed by atoms with Crippen LogP contribution in [-0.2, 0) is 14.2 Å². The summed E-state index contributed by atoms with van der Waals surface area (Å²) in [6, 6.07) is 6.69. The number of hydrogen-bond donors (Lipinski definition) is 0. The predicted octanol–water partition coefficient (Wildman–Crippen LogP) is 11.6. The molecular weight excluding hydrogens is 910 g/mol. The molecule has 8 rings (SSSR count). The van der Waals surface area contributed by atoms with E-state index in [1.165, 1.54) is 6.07 Å². The Morgan fingerprint density at radius 3 is 2.07 bits per heavy atom. The quantitative estimate of drug-likeness (QED) is 0.0715. The number of carbonyl (C=O) groups excluding carboxylic acids is 2. The van der Waals surface area contributed by atoms with Crippen LogP contribution in [0.5, 0.6) is 23.5 Å². The number of carbonyl (C=O) groups is 2. The maximum absolute atomic E-state index is 16.5. The molecule has 3 aliphatic heterocycles. The lowest BCUT2D eigenvalue weighted by molar-refractivity contribution is 0.0121. The van der Waals surface area contributed by atoms with E-state index in [2.05, 4.69) is 62.5 Å². The smallest absolute Gasteiger partial charge is 0.410 e. The van der Waals surface area contributed by atoms with Gasteiger partial charge in [0.05, 0.1) is 23.7 Å². The zero-order valence-corrected chi connectivity index (χ0v) is 44.6. The molecule has 3 saturated heterocycles. The molecule has 2 aromatic heterocycles. The summed E-state index contributed by atoms with van der Waals surface area (Å²) in [6.07, 6.45) is 5.25. The molecule has 15 nitrogen and oxygen atoms in total. The fraction of sp³-hybridized carbons (Fsp3) is 0.642.